The SMILES string of the molecule is CCCN(CCCl)N1C=CNC1C(=O)c1ccccc1. The van der Waals surface area contributed by atoms with Crippen molar-refractivity contribution in [3.63, 3.8) is 0 Å². The standard InChI is InChI=1S/C15H20ClN3O/c1-2-10-18(11-8-16)19-12-9-17-15(19)14(20)13-6-4-3-5-7-13/h3-7,9,12,15,17H,2,8,10-11H2,1H3. The third kappa shape index (κ3) is 3.32. The number of Topliss-reactive ketones (excluding diaryl/α,β-unsaturated/α-hetero) is 1. The van der Waals surface area contributed by atoms with E-state index in [1.54, 1.807) is 0 Å². The summed E-state index contributed by atoms with van der Waals surface area (Å²) in [5.74, 6) is 0.600. The van der Waals surface area contributed by atoms with Crippen LogP contribution in [0.5, 0.6) is 0 Å². The Morgan fingerprint density at radius 3 is 2.75 bits per heavy atom. The van der Waals surface area contributed by atoms with Crippen LogP contribution in [-0.4, -0.2) is 40.9 Å². The van der Waals surface area contributed by atoms with Crippen LogP contribution in [0.3, 0.4) is 0 Å². The molecule has 1 heterocycles. The molecule has 0 aliphatic carbocycles. The van der Waals surface area contributed by atoms with Gasteiger partial charge >= 0.3 is 0 Å². The van der Waals surface area contributed by atoms with Gasteiger partial charge in [0.05, 0.1) is 0 Å². The van der Waals surface area contributed by atoms with Crippen LogP contribution < -0.4 is 5.32 Å². The maximum Gasteiger partial charge on any atom is 0.206 e. The van der Waals surface area contributed by atoms with Crippen LogP contribution in [-0.2, 0) is 0 Å². The first kappa shape index (κ1) is 14.9. The number of benzene rings is 1. The molecule has 0 aromatic heterocycles. The summed E-state index contributed by atoms with van der Waals surface area (Å²) in [4.78, 5) is 12.6. The van der Waals surface area contributed by atoms with Gasteiger partial charge in [-0.05, 0) is 6.42 Å². The van der Waals surface area contributed by atoms with Gasteiger partial charge in [-0.25, -0.2) is 5.01 Å². The van der Waals surface area contributed by atoms with E-state index in [0.29, 0.717) is 11.4 Å². The van der Waals surface area contributed by atoms with Crippen molar-refractivity contribution in [3.8, 4) is 0 Å². The molecular weight excluding hydrogens is 274 g/mol. The van der Waals surface area contributed by atoms with E-state index in [4.69, 9.17) is 11.6 Å². The zero-order chi connectivity index (χ0) is 14.4. The molecule has 0 amide bonds. The Hall–Kier alpha value is -1.52. The quantitative estimate of drug-likeness (QED) is 0.619. The molecule has 0 spiro atoms. The molecule has 0 saturated carbocycles. The summed E-state index contributed by atoms with van der Waals surface area (Å²) in [5, 5.41) is 7.17. The molecule has 1 aromatic rings. The molecule has 1 aromatic carbocycles. The van der Waals surface area contributed by atoms with Crippen LogP contribution in [0.4, 0.5) is 0 Å². The van der Waals surface area contributed by atoms with Crippen molar-refractivity contribution in [3.05, 3.63) is 48.3 Å². The first-order valence-electron chi connectivity index (χ1n) is 6.89. The van der Waals surface area contributed by atoms with E-state index in [1.165, 1.54) is 0 Å². The van der Waals surface area contributed by atoms with E-state index < -0.39 is 0 Å². The Morgan fingerprint density at radius 2 is 2.10 bits per heavy atom. The molecule has 0 bridgehead atoms. The molecule has 0 fully saturated rings. The Balaban J connectivity index is 2.13. The third-order valence-electron chi connectivity index (χ3n) is 3.20. The second-order valence-electron chi connectivity index (χ2n) is 4.64. The molecule has 0 saturated heterocycles. The van der Waals surface area contributed by atoms with E-state index in [1.807, 2.05) is 47.7 Å². The molecule has 4 nitrogen and oxygen atoms in total. The number of carbonyl (C=O) groups excluding carboxylic acids is 1. The molecule has 5 heteroatoms. The lowest BCUT2D eigenvalue weighted by molar-refractivity contribution is -0.00123. The van der Waals surface area contributed by atoms with Crippen LogP contribution in [0.15, 0.2) is 42.7 Å². The van der Waals surface area contributed by atoms with Crippen LogP contribution in [0.1, 0.15) is 23.7 Å². The summed E-state index contributed by atoms with van der Waals surface area (Å²) in [7, 11) is 0. The molecular formula is C15H20ClN3O. The number of nitrogens with zero attached hydrogens (tertiary/aromatic N) is 2. The maximum atomic E-state index is 12.6. The largest absolute Gasteiger partial charge is 0.362 e. The minimum atomic E-state index is -0.382. The van der Waals surface area contributed by atoms with Gasteiger partial charge in [-0.2, -0.15) is 0 Å². The van der Waals surface area contributed by atoms with Crippen molar-refractivity contribution in [2.75, 3.05) is 19.0 Å². The maximum absolute atomic E-state index is 12.6. The van der Waals surface area contributed by atoms with Crippen molar-refractivity contribution >= 4 is 17.4 Å². The number of rotatable bonds is 7. The van der Waals surface area contributed by atoms with Crippen molar-refractivity contribution in [1.82, 2.24) is 15.3 Å². The monoisotopic (exact) mass is 293 g/mol. The predicted octanol–water partition coefficient (Wildman–Crippen LogP) is 2.44. The van der Waals surface area contributed by atoms with Gasteiger partial charge in [0.25, 0.3) is 0 Å². The number of hydrogen-bond donors (Lipinski definition) is 1. The molecule has 1 unspecified atom stereocenters. The molecule has 2 rings (SSSR count). The highest BCUT2D eigenvalue weighted by Crippen LogP contribution is 2.15. The molecule has 108 valence electrons. The van der Waals surface area contributed by atoms with Crippen LogP contribution in [0.2, 0.25) is 0 Å². The highest BCUT2D eigenvalue weighted by atomic mass is 35.5. The number of nitrogens with one attached hydrogen (secondary N) is 1. The predicted molar refractivity (Wildman–Crippen MR) is 81.3 cm³/mol. The first-order chi connectivity index (χ1) is 9.77. The van der Waals surface area contributed by atoms with Crippen LogP contribution in [0, 0.1) is 0 Å². The highest BCUT2D eigenvalue weighted by molar-refractivity contribution is 6.18. The molecule has 1 N–H and O–H groups in total. The van der Waals surface area contributed by atoms with Gasteiger partial charge in [0.1, 0.15) is 0 Å². The van der Waals surface area contributed by atoms with E-state index in [0.717, 1.165) is 19.5 Å². The molecule has 1 aliphatic rings. The normalized spacial score (nSPS) is 17.6. The zero-order valence-corrected chi connectivity index (χ0v) is 12.4. The Bertz CT molecular complexity index is 457. The fourth-order valence-electron chi connectivity index (χ4n) is 2.29. The van der Waals surface area contributed by atoms with E-state index in [9.17, 15) is 4.79 Å². The van der Waals surface area contributed by atoms with Gasteiger partial charge < -0.3 is 5.32 Å². The topological polar surface area (TPSA) is 35.6 Å². The lowest BCUT2D eigenvalue weighted by atomic mass is 10.1. The summed E-state index contributed by atoms with van der Waals surface area (Å²) in [6.45, 7) is 3.71. The van der Waals surface area contributed by atoms with Crippen molar-refractivity contribution in [1.29, 1.82) is 0 Å². The Morgan fingerprint density at radius 1 is 1.35 bits per heavy atom. The number of hydrogen-bond acceptors (Lipinski definition) is 4. The van der Waals surface area contributed by atoms with Gasteiger partial charge in [-0.3, -0.25) is 9.80 Å². The molecule has 1 atom stereocenters. The average Bonchev–Trinajstić information content (AvgIpc) is 2.96. The summed E-state index contributed by atoms with van der Waals surface area (Å²) < 4.78 is 0. The zero-order valence-electron chi connectivity index (χ0n) is 11.6. The van der Waals surface area contributed by atoms with Crippen LogP contribution >= 0.6 is 11.6 Å². The van der Waals surface area contributed by atoms with E-state index in [2.05, 4.69) is 17.2 Å². The molecule has 1 aliphatic heterocycles. The van der Waals surface area contributed by atoms with E-state index in [-0.39, 0.29) is 11.9 Å². The summed E-state index contributed by atoms with van der Waals surface area (Å²) in [5.41, 5.74) is 0.709. The minimum Gasteiger partial charge on any atom is -0.362 e. The number of ketones is 1. The Kier molecular flexibility index (Phi) is 5.44. The molecule has 0 radical (unpaired) electrons. The minimum absolute atomic E-state index is 0.0614. The lowest BCUT2D eigenvalue weighted by Crippen LogP contribution is -2.51. The fraction of sp³-hybridized carbons (Fsp3) is 0.400. The van der Waals surface area contributed by atoms with Gasteiger partial charge in [0.2, 0.25) is 5.78 Å². The number of halogens is 1. The van der Waals surface area contributed by atoms with Gasteiger partial charge in [0, 0.05) is 36.9 Å². The number of alkyl halides is 1. The van der Waals surface area contributed by atoms with Gasteiger partial charge in [-0.1, -0.05) is 37.3 Å². The third-order valence-corrected chi connectivity index (χ3v) is 3.37. The van der Waals surface area contributed by atoms with E-state index >= 15 is 0 Å². The average molecular weight is 294 g/mol. The second kappa shape index (κ2) is 7.31. The first-order valence-corrected chi connectivity index (χ1v) is 7.42. The van der Waals surface area contributed by atoms with Crippen LogP contribution in [0.25, 0.3) is 0 Å². The lowest BCUT2D eigenvalue weighted by Gasteiger charge is -2.35. The van der Waals surface area contributed by atoms with Gasteiger partial charge in [0.15, 0.2) is 6.17 Å². The second-order valence-corrected chi connectivity index (χ2v) is 5.02. The number of hydrazine groups is 1. The number of carbonyl (C=O) groups is 1. The summed E-state index contributed by atoms with van der Waals surface area (Å²) >= 11 is 5.86. The Labute approximate surface area is 125 Å². The smallest absolute Gasteiger partial charge is 0.206 e. The summed E-state index contributed by atoms with van der Waals surface area (Å²) in [6, 6.07) is 9.34. The van der Waals surface area contributed by atoms with Crippen molar-refractivity contribution < 1.29 is 4.79 Å². The van der Waals surface area contributed by atoms with Crippen molar-refractivity contribution in [2.45, 2.75) is 19.5 Å². The summed E-state index contributed by atoms with van der Waals surface area (Å²) in [6.07, 6.45) is 4.33. The fourth-order valence-corrected chi connectivity index (χ4v) is 2.48. The van der Waals surface area contributed by atoms with Crippen molar-refractivity contribution in [2.24, 2.45) is 0 Å². The molecule has 20 heavy (non-hydrogen) atoms. The van der Waals surface area contributed by atoms with Gasteiger partial charge in [-0.15, -0.1) is 11.6 Å². The highest BCUT2D eigenvalue weighted by Gasteiger charge is 2.30.